The fraction of sp³-hybridized carbons (Fsp3) is 0.136. The van der Waals surface area contributed by atoms with Gasteiger partial charge in [0.05, 0.1) is 11.6 Å². The Labute approximate surface area is 177 Å². The van der Waals surface area contributed by atoms with Gasteiger partial charge in [-0.15, -0.1) is 0 Å². The van der Waals surface area contributed by atoms with Crippen LogP contribution in [-0.2, 0) is 6.61 Å². The summed E-state index contributed by atoms with van der Waals surface area (Å²) >= 11 is 9.53. The van der Waals surface area contributed by atoms with Crippen LogP contribution in [0.25, 0.3) is 0 Å². The van der Waals surface area contributed by atoms with E-state index in [0.29, 0.717) is 28.7 Å². The third-order valence-electron chi connectivity index (χ3n) is 3.94. The molecule has 0 radical (unpaired) electrons. The van der Waals surface area contributed by atoms with Crippen molar-refractivity contribution in [3.63, 3.8) is 0 Å². The number of halogens is 2. The predicted molar refractivity (Wildman–Crippen MR) is 115 cm³/mol. The number of ether oxygens (including phenoxy) is 2. The molecule has 0 unspecified atom stereocenters. The minimum Gasteiger partial charge on any atom is -0.493 e. The van der Waals surface area contributed by atoms with Gasteiger partial charge in [0.15, 0.2) is 0 Å². The fourth-order valence-electron chi connectivity index (χ4n) is 2.58. The van der Waals surface area contributed by atoms with Crippen molar-refractivity contribution in [2.24, 2.45) is 0 Å². The van der Waals surface area contributed by atoms with E-state index in [-0.39, 0.29) is 12.5 Å². The van der Waals surface area contributed by atoms with Crippen molar-refractivity contribution in [1.82, 2.24) is 0 Å². The highest BCUT2D eigenvalue weighted by atomic mass is 79.9. The zero-order valence-electron chi connectivity index (χ0n) is 15.2. The summed E-state index contributed by atoms with van der Waals surface area (Å²) in [5, 5.41) is 3.42. The van der Waals surface area contributed by atoms with Gasteiger partial charge in [-0.05, 0) is 61.5 Å². The van der Waals surface area contributed by atoms with Crippen LogP contribution in [0.2, 0.25) is 5.02 Å². The maximum atomic E-state index is 12.6. The summed E-state index contributed by atoms with van der Waals surface area (Å²) in [5.41, 5.74) is 2.00. The van der Waals surface area contributed by atoms with Gasteiger partial charge in [-0.3, -0.25) is 4.79 Å². The Morgan fingerprint density at radius 3 is 2.46 bits per heavy atom. The molecule has 0 bridgehead atoms. The smallest absolute Gasteiger partial charge is 0.255 e. The summed E-state index contributed by atoms with van der Waals surface area (Å²) in [6, 6.07) is 20.0. The van der Waals surface area contributed by atoms with Crippen LogP contribution in [-0.4, -0.2) is 12.5 Å². The lowest BCUT2D eigenvalue weighted by atomic mass is 10.1. The second kappa shape index (κ2) is 9.62. The number of carbonyl (C=O) groups excluding carboxylic acids is 1. The number of rotatable bonds is 7. The van der Waals surface area contributed by atoms with E-state index in [1.54, 1.807) is 30.3 Å². The molecule has 3 aromatic carbocycles. The molecule has 0 aromatic heterocycles. The molecule has 6 heteroatoms. The average Bonchev–Trinajstić information content (AvgIpc) is 2.70. The molecule has 1 N–H and O–H groups in total. The van der Waals surface area contributed by atoms with E-state index >= 15 is 0 Å². The molecule has 1 amide bonds. The number of nitrogens with one attached hydrogen (secondary N) is 1. The molecule has 4 nitrogen and oxygen atoms in total. The molecule has 3 aromatic rings. The Balaban J connectivity index is 1.79. The van der Waals surface area contributed by atoms with Gasteiger partial charge in [-0.2, -0.15) is 0 Å². The van der Waals surface area contributed by atoms with Gasteiger partial charge in [-0.1, -0.05) is 39.7 Å². The van der Waals surface area contributed by atoms with Gasteiger partial charge in [0.2, 0.25) is 0 Å². The maximum Gasteiger partial charge on any atom is 0.255 e. The third kappa shape index (κ3) is 5.27. The normalized spacial score (nSPS) is 10.4. The number of hydrogen-bond acceptors (Lipinski definition) is 3. The van der Waals surface area contributed by atoms with Crippen molar-refractivity contribution in [3.05, 3.63) is 87.4 Å². The quantitative estimate of drug-likeness (QED) is 0.448. The van der Waals surface area contributed by atoms with Crippen LogP contribution in [0.3, 0.4) is 0 Å². The zero-order valence-corrected chi connectivity index (χ0v) is 17.6. The summed E-state index contributed by atoms with van der Waals surface area (Å²) in [7, 11) is 0. The van der Waals surface area contributed by atoms with E-state index in [0.717, 1.165) is 15.7 Å². The molecule has 0 aliphatic heterocycles. The topological polar surface area (TPSA) is 47.6 Å². The number of amides is 1. The van der Waals surface area contributed by atoms with Crippen LogP contribution in [0.4, 0.5) is 5.69 Å². The monoisotopic (exact) mass is 459 g/mol. The molecule has 0 aliphatic carbocycles. The van der Waals surface area contributed by atoms with Crippen LogP contribution in [0.1, 0.15) is 22.8 Å². The van der Waals surface area contributed by atoms with Crippen LogP contribution < -0.4 is 14.8 Å². The van der Waals surface area contributed by atoms with Gasteiger partial charge in [0, 0.05) is 21.3 Å². The zero-order chi connectivity index (χ0) is 19.9. The molecule has 0 saturated carbocycles. The molecule has 28 heavy (non-hydrogen) atoms. The molecule has 0 saturated heterocycles. The molecular weight excluding hydrogens is 442 g/mol. The van der Waals surface area contributed by atoms with Gasteiger partial charge in [0.25, 0.3) is 5.91 Å². The van der Waals surface area contributed by atoms with E-state index in [2.05, 4.69) is 21.2 Å². The maximum absolute atomic E-state index is 12.6. The SMILES string of the molecule is CCOc1ccc(C(=O)Nc2ccc(Br)cc2)cc1COc1ccccc1Cl. The average molecular weight is 461 g/mol. The van der Waals surface area contributed by atoms with Crippen LogP contribution in [0.5, 0.6) is 11.5 Å². The molecule has 0 spiro atoms. The number of benzene rings is 3. The molecule has 0 fully saturated rings. The first-order valence-corrected chi connectivity index (χ1v) is 9.94. The Bertz CT molecular complexity index is 960. The van der Waals surface area contributed by atoms with Crippen molar-refractivity contribution in [3.8, 4) is 11.5 Å². The van der Waals surface area contributed by atoms with E-state index in [9.17, 15) is 4.79 Å². The van der Waals surface area contributed by atoms with Gasteiger partial charge >= 0.3 is 0 Å². The number of anilines is 1. The van der Waals surface area contributed by atoms with Crippen LogP contribution >= 0.6 is 27.5 Å². The molecule has 3 rings (SSSR count). The number of para-hydroxylation sites is 1. The standard InChI is InChI=1S/C22H19BrClNO3/c1-2-27-20-12-7-15(22(26)25-18-10-8-17(23)9-11-18)13-16(20)14-28-21-6-4-3-5-19(21)24/h3-13H,2,14H2,1H3,(H,25,26). The second-order valence-corrected chi connectivity index (χ2v) is 7.26. The van der Waals surface area contributed by atoms with Crippen molar-refractivity contribution < 1.29 is 14.3 Å². The lowest BCUT2D eigenvalue weighted by Crippen LogP contribution is -2.13. The minimum absolute atomic E-state index is 0.204. The lowest BCUT2D eigenvalue weighted by molar-refractivity contribution is 0.102. The highest BCUT2D eigenvalue weighted by molar-refractivity contribution is 9.10. The van der Waals surface area contributed by atoms with Crippen LogP contribution in [0, 0.1) is 0 Å². The number of hydrogen-bond donors (Lipinski definition) is 1. The predicted octanol–water partition coefficient (Wildman–Crippen LogP) is 6.33. The summed E-state index contributed by atoms with van der Waals surface area (Å²) in [6.07, 6.45) is 0. The summed E-state index contributed by atoms with van der Waals surface area (Å²) < 4.78 is 12.4. The van der Waals surface area contributed by atoms with Crippen LogP contribution in [0.15, 0.2) is 71.2 Å². The minimum atomic E-state index is -0.204. The molecular formula is C22H19BrClNO3. The van der Waals surface area contributed by atoms with Gasteiger partial charge < -0.3 is 14.8 Å². The van der Waals surface area contributed by atoms with Gasteiger partial charge in [-0.25, -0.2) is 0 Å². The van der Waals surface area contributed by atoms with Crippen molar-refractivity contribution in [2.45, 2.75) is 13.5 Å². The molecule has 144 valence electrons. The van der Waals surface area contributed by atoms with E-state index in [1.165, 1.54) is 0 Å². The Morgan fingerprint density at radius 2 is 1.75 bits per heavy atom. The van der Waals surface area contributed by atoms with E-state index < -0.39 is 0 Å². The second-order valence-electron chi connectivity index (χ2n) is 5.94. The fourth-order valence-corrected chi connectivity index (χ4v) is 3.04. The van der Waals surface area contributed by atoms with Crippen molar-refractivity contribution >= 4 is 39.1 Å². The number of carbonyl (C=O) groups is 1. The Kier molecular flexibility index (Phi) is 6.95. The van der Waals surface area contributed by atoms with Gasteiger partial charge in [0.1, 0.15) is 18.1 Å². The van der Waals surface area contributed by atoms with E-state index in [4.69, 9.17) is 21.1 Å². The lowest BCUT2D eigenvalue weighted by Gasteiger charge is -2.14. The molecule has 0 aliphatic rings. The third-order valence-corrected chi connectivity index (χ3v) is 4.79. The first kappa shape index (κ1) is 20.2. The summed E-state index contributed by atoms with van der Waals surface area (Å²) in [5.74, 6) is 1.05. The molecule has 0 atom stereocenters. The highest BCUT2D eigenvalue weighted by Gasteiger charge is 2.12. The Hall–Kier alpha value is -2.50. The Morgan fingerprint density at radius 1 is 1.00 bits per heavy atom. The van der Waals surface area contributed by atoms with E-state index in [1.807, 2.05) is 43.3 Å². The first-order valence-electron chi connectivity index (χ1n) is 8.77. The van der Waals surface area contributed by atoms with Crippen molar-refractivity contribution in [1.29, 1.82) is 0 Å². The van der Waals surface area contributed by atoms with Crippen molar-refractivity contribution in [2.75, 3.05) is 11.9 Å². The highest BCUT2D eigenvalue weighted by Crippen LogP contribution is 2.27. The summed E-state index contributed by atoms with van der Waals surface area (Å²) in [4.78, 5) is 12.6. The first-order chi connectivity index (χ1) is 13.6. The molecule has 0 heterocycles. The summed E-state index contributed by atoms with van der Waals surface area (Å²) in [6.45, 7) is 2.66. The largest absolute Gasteiger partial charge is 0.493 e.